The highest BCUT2D eigenvalue weighted by Gasteiger charge is 2.06. The third kappa shape index (κ3) is 3.34. The van der Waals surface area contributed by atoms with Gasteiger partial charge in [0.1, 0.15) is 0 Å². The van der Waals surface area contributed by atoms with Gasteiger partial charge >= 0.3 is 0 Å². The molecule has 0 bridgehead atoms. The summed E-state index contributed by atoms with van der Waals surface area (Å²) in [5.74, 6) is 1.25. The maximum absolute atomic E-state index is 5.52. The minimum atomic E-state index is 0.442. The van der Waals surface area contributed by atoms with Crippen LogP contribution < -0.4 is 5.73 Å². The molecule has 2 N–H and O–H groups in total. The second kappa shape index (κ2) is 5.69. The van der Waals surface area contributed by atoms with Gasteiger partial charge in [-0.2, -0.15) is 0 Å². The maximum Gasteiger partial charge on any atom is 0.167 e. The Morgan fingerprint density at radius 3 is 2.78 bits per heavy atom. The summed E-state index contributed by atoms with van der Waals surface area (Å²) in [7, 11) is 2.07. The first-order valence-corrected chi connectivity index (χ1v) is 6.09. The van der Waals surface area contributed by atoms with E-state index in [9.17, 15) is 0 Å². The number of aromatic nitrogens is 1. The van der Waals surface area contributed by atoms with Gasteiger partial charge in [0, 0.05) is 12.6 Å². The molecule has 2 rings (SSSR count). The first kappa shape index (κ1) is 12.6. The predicted octanol–water partition coefficient (Wildman–Crippen LogP) is 2.24. The molecule has 96 valence electrons. The van der Waals surface area contributed by atoms with E-state index < -0.39 is 0 Å². The quantitative estimate of drug-likeness (QED) is 0.877. The summed E-state index contributed by atoms with van der Waals surface area (Å²) < 4.78 is 5.09. The van der Waals surface area contributed by atoms with Crippen molar-refractivity contribution in [2.24, 2.45) is 0 Å². The molecular formula is C14H19N3O. The zero-order chi connectivity index (χ0) is 13.0. The fourth-order valence-electron chi connectivity index (χ4n) is 1.95. The Morgan fingerprint density at radius 2 is 2.11 bits per heavy atom. The number of hydrogen-bond acceptors (Lipinski definition) is 4. The third-order valence-corrected chi connectivity index (χ3v) is 3.03. The molecule has 0 spiro atoms. The standard InChI is InChI=1S/C14H19N3O/c1-11-5-3-4-6-12(11)7-8-17(2)10-13-9-14(15)16-18-13/h3-6,9H,7-8,10H2,1-2H3,(H2,15,16). The van der Waals surface area contributed by atoms with Crippen LogP contribution in [0.4, 0.5) is 5.82 Å². The third-order valence-electron chi connectivity index (χ3n) is 3.03. The Bertz CT molecular complexity index is 507. The van der Waals surface area contributed by atoms with Gasteiger partial charge in [0.05, 0.1) is 6.54 Å². The van der Waals surface area contributed by atoms with Crippen molar-refractivity contribution in [1.82, 2.24) is 10.1 Å². The molecule has 18 heavy (non-hydrogen) atoms. The van der Waals surface area contributed by atoms with Gasteiger partial charge in [0.15, 0.2) is 11.6 Å². The number of anilines is 1. The van der Waals surface area contributed by atoms with E-state index in [0.717, 1.165) is 25.3 Å². The van der Waals surface area contributed by atoms with Crippen molar-refractivity contribution in [1.29, 1.82) is 0 Å². The van der Waals surface area contributed by atoms with E-state index in [4.69, 9.17) is 10.3 Å². The van der Waals surface area contributed by atoms with Crippen LogP contribution in [0.1, 0.15) is 16.9 Å². The zero-order valence-electron chi connectivity index (χ0n) is 10.9. The molecule has 0 fully saturated rings. The molecule has 0 unspecified atom stereocenters. The molecule has 1 aromatic carbocycles. The summed E-state index contributed by atoms with van der Waals surface area (Å²) >= 11 is 0. The Labute approximate surface area is 107 Å². The largest absolute Gasteiger partial charge is 0.381 e. The van der Waals surface area contributed by atoms with Gasteiger partial charge in [-0.1, -0.05) is 29.4 Å². The van der Waals surface area contributed by atoms with Gasteiger partial charge in [-0.3, -0.25) is 4.90 Å². The van der Waals surface area contributed by atoms with E-state index in [0.29, 0.717) is 5.82 Å². The van der Waals surface area contributed by atoms with Crippen molar-refractivity contribution < 1.29 is 4.52 Å². The van der Waals surface area contributed by atoms with E-state index >= 15 is 0 Å². The number of nitrogens with zero attached hydrogens (tertiary/aromatic N) is 2. The average molecular weight is 245 g/mol. The van der Waals surface area contributed by atoms with Crippen LogP contribution in [0.3, 0.4) is 0 Å². The average Bonchev–Trinajstić information content (AvgIpc) is 2.74. The Balaban J connectivity index is 1.85. The normalized spacial score (nSPS) is 11.1. The molecule has 0 aliphatic rings. The first-order valence-electron chi connectivity index (χ1n) is 6.09. The van der Waals surface area contributed by atoms with Gasteiger partial charge < -0.3 is 10.3 Å². The van der Waals surface area contributed by atoms with Crippen LogP contribution >= 0.6 is 0 Å². The number of aryl methyl sites for hydroxylation is 1. The number of likely N-dealkylation sites (N-methyl/N-ethyl adjacent to an activating group) is 1. The predicted molar refractivity (Wildman–Crippen MR) is 72.1 cm³/mol. The number of rotatable bonds is 5. The lowest BCUT2D eigenvalue weighted by molar-refractivity contribution is 0.275. The van der Waals surface area contributed by atoms with E-state index in [1.54, 1.807) is 6.07 Å². The zero-order valence-corrected chi connectivity index (χ0v) is 10.9. The Kier molecular flexibility index (Phi) is 3.99. The maximum atomic E-state index is 5.52. The topological polar surface area (TPSA) is 55.3 Å². The fourth-order valence-corrected chi connectivity index (χ4v) is 1.95. The van der Waals surface area contributed by atoms with Crippen LogP contribution in [0.25, 0.3) is 0 Å². The fraction of sp³-hybridized carbons (Fsp3) is 0.357. The summed E-state index contributed by atoms with van der Waals surface area (Å²) in [6, 6.07) is 10.2. The summed E-state index contributed by atoms with van der Waals surface area (Å²) in [6.45, 7) is 3.86. The molecule has 1 heterocycles. The molecule has 4 heteroatoms. The lowest BCUT2D eigenvalue weighted by atomic mass is 10.1. The van der Waals surface area contributed by atoms with Crippen LogP contribution in [-0.4, -0.2) is 23.6 Å². The summed E-state index contributed by atoms with van der Waals surface area (Å²) in [4.78, 5) is 2.20. The van der Waals surface area contributed by atoms with Crippen LogP contribution in [0, 0.1) is 6.92 Å². The van der Waals surface area contributed by atoms with Crippen molar-refractivity contribution >= 4 is 5.82 Å². The molecule has 0 radical (unpaired) electrons. The first-order chi connectivity index (χ1) is 8.65. The molecule has 0 saturated heterocycles. The number of nitrogens with two attached hydrogens (primary N) is 1. The Hall–Kier alpha value is -1.81. The lowest BCUT2D eigenvalue weighted by Gasteiger charge is -2.15. The molecule has 1 aromatic heterocycles. The van der Waals surface area contributed by atoms with E-state index in [2.05, 4.69) is 48.3 Å². The van der Waals surface area contributed by atoms with Gasteiger partial charge in [-0.15, -0.1) is 0 Å². The van der Waals surface area contributed by atoms with Crippen LogP contribution in [-0.2, 0) is 13.0 Å². The van der Waals surface area contributed by atoms with E-state index in [1.807, 2.05) is 0 Å². The lowest BCUT2D eigenvalue weighted by Crippen LogP contribution is -2.20. The number of benzene rings is 1. The highest BCUT2D eigenvalue weighted by Crippen LogP contribution is 2.10. The Morgan fingerprint density at radius 1 is 1.33 bits per heavy atom. The minimum absolute atomic E-state index is 0.442. The number of nitrogen functional groups attached to an aromatic ring is 1. The van der Waals surface area contributed by atoms with Crippen molar-refractivity contribution in [3.05, 3.63) is 47.2 Å². The molecule has 0 amide bonds. The van der Waals surface area contributed by atoms with Gasteiger partial charge in [-0.25, -0.2) is 0 Å². The smallest absolute Gasteiger partial charge is 0.167 e. The number of hydrogen-bond donors (Lipinski definition) is 1. The van der Waals surface area contributed by atoms with Crippen molar-refractivity contribution in [2.75, 3.05) is 19.3 Å². The van der Waals surface area contributed by atoms with Crippen molar-refractivity contribution in [2.45, 2.75) is 19.9 Å². The SMILES string of the molecule is Cc1ccccc1CCN(C)Cc1cc(N)no1. The van der Waals surface area contributed by atoms with Gasteiger partial charge in [0.2, 0.25) is 0 Å². The second-order valence-corrected chi connectivity index (χ2v) is 4.63. The summed E-state index contributed by atoms with van der Waals surface area (Å²) in [6.07, 6.45) is 1.03. The van der Waals surface area contributed by atoms with E-state index in [1.165, 1.54) is 11.1 Å². The highest BCUT2D eigenvalue weighted by molar-refractivity contribution is 5.27. The van der Waals surface area contributed by atoms with Crippen LogP contribution in [0.2, 0.25) is 0 Å². The molecule has 0 aliphatic heterocycles. The summed E-state index contributed by atoms with van der Waals surface area (Å²) in [5.41, 5.74) is 8.25. The van der Waals surface area contributed by atoms with Crippen LogP contribution in [0.5, 0.6) is 0 Å². The summed E-state index contributed by atoms with van der Waals surface area (Å²) in [5, 5.41) is 3.68. The van der Waals surface area contributed by atoms with Crippen molar-refractivity contribution in [3.8, 4) is 0 Å². The van der Waals surface area contributed by atoms with Gasteiger partial charge in [0.25, 0.3) is 0 Å². The van der Waals surface area contributed by atoms with Crippen LogP contribution in [0.15, 0.2) is 34.9 Å². The molecule has 2 aromatic rings. The minimum Gasteiger partial charge on any atom is -0.381 e. The second-order valence-electron chi connectivity index (χ2n) is 4.63. The molecule has 0 saturated carbocycles. The molecule has 0 aliphatic carbocycles. The van der Waals surface area contributed by atoms with Gasteiger partial charge in [-0.05, 0) is 31.5 Å². The monoisotopic (exact) mass is 245 g/mol. The molecular weight excluding hydrogens is 226 g/mol. The molecule has 4 nitrogen and oxygen atoms in total. The van der Waals surface area contributed by atoms with Crippen molar-refractivity contribution in [3.63, 3.8) is 0 Å². The highest BCUT2D eigenvalue weighted by atomic mass is 16.5. The van der Waals surface area contributed by atoms with E-state index in [-0.39, 0.29) is 0 Å². The molecule has 0 atom stereocenters.